The SMILES string of the molecule is O=C1N/C(=N\c2ccccn2)SC1Cc1cccc(Cl)c1Cl. The van der Waals surface area contributed by atoms with Crippen molar-refractivity contribution in [3.63, 3.8) is 0 Å². The minimum atomic E-state index is -0.279. The van der Waals surface area contributed by atoms with Gasteiger partial charge in [-0.15, -0.1) is 0 Å². The maximum Gasteiger partial charge on any atom is 0.239 e. The topological polar surface area (TPSA) is 54.4 Å². The molecular weight excluding hydrogens is 341 g/mol. The molecule has 1 aliphatic heterocycles. The van der Waals surface area contributed by atoms with Crippen LogP contribution in [-0.4, -0.2) is 21.3 Å². The van der Waals surface area contributed by atoms with Crippen LogP contribution >= 0.6 is 35.0 Å². The molecule has 0 bridgehead atoms. The Morgan fingerprint density at radius 2 is 2.09 bits per heavy atom. The number of amides is 1. The summed E-state index contributed by atoms with van der Waals surface area (Å²) in [4.78, 5) is 20.5. The molecule has 1 fully saturated rings. The lowest BCUT2D eigenvalue weighted by molar-refractivity contribution is -0.118. The van der Waals surface area contributed by atoms with Crippen molar-refractivity contribution in [2.24, 2.45) is 4.99 Å². The van der Waals surface area contributed by atoms with E-state index < -0.39 is 0 Å². The smallest absolute Gasteiger partial charge is 0.239 e. The fraction of sp³-hybridized carbons (Fsp3) is 0.133. The molecule has 1 aliphatic rings. The zero-order valence-electron chi connectivity index (χ0n) is 11.3. The van der Waals surface area contributed by atoms with Gasteiger partial charge in [0.25, 0.3) is 0 Å². The predicted octanol–water partition coefficient (Wildman–Crippen LogP) is 3.85. The molecule has 0 radical (unpaired) electrons. The largest absolute Gasteiger partial charge is 0.304 e. The first-order valence-corrected chi connectivity index (χ1v) is 8.17. The third-order valence-electron chi connectivity index (χ3n) is 3.08. The van der Waals surface area contributed by atoms with Crippen molar-refractivity contribution in [1.82, 2.24) is 10.3 Å². The van der Waals surface area contributed by atoms with Gasteiger partial charge in [-0.2, -0.15) is 0 Å². The number of aromatic nitrogens is 1. The van der Waals surface area contributed by atoms with Crippen LogP contribution in [0.2, 0.25) is 10.0 Å². The predicted molar refractivity (Wildman–Crippen MR) is 91.0 cm³/mol. The molecule has 1 N–H and O–H groups in total. The molecule has 1 atom stereocenters. The molecule has 0 saturated carbocycles. The summed E-state index contributed by atoms with van der Waals surface area (Å²) in [7, 11) is 0. The minimum absolute atomic E-state index is 0.0873. The van der Waals surface area contributed by atoms with Crippen LogP contribution in [0.5, 0.6) is 0 Å². The zero-order valence-corrected chi connectivity index (χ0v) is 13.6. The summed E-state index contributed by atoms with van der Waals surface area (Å²) in [6.45, 7) is 0. The zero-order chi connectivity index (χ0) is 15.5. The average molecular weight is 352 g/mol. The van der Waals surface area contributed by atoms with Gasteiger partial charge in [-0.25, -0.2) is 9.98 Å². The lowest BCUT2D eigenvalue weighted by Gasteiger charge is -2.08. The van der Waals surface area contributed by atoms with Crippen LogP contribution in [0.25, 0.3) is 0 Å². The van der Waals surface area contributed by atoms with E-state index in [0.29, 0.717) is 27.5 Å². The third-order valence-corrected chi connectivity index (χ3v) is 5.02. The molecule has 22 heavy (non-hydrogen) atoms. The molecular formula is C15H11Cl2N3OS. The Labute approximate surface area is 141 Å². The average Bonchev–Trinajstić information content (AvgIpc) is 2.85. The normalized spacial score (nSPS) is 19.5. The molecule has 7 heteroatoms. The van der Waals surface area contributed by atoms with Gasteiger partial charge < -0.3 is 5.32 Å². The molecule has 2 aromatic rings. The van der Waals surface area contributed by atoms with Gasteiger partial charge in [0.2, 0.25) is 5.91 Å². The number of carbonyl (C=O) groups is 1. The summed E-state index contributed by atoms with van der Waals surface area (Å²) in [5.74, 6) is 0.475. The summed E-state index contributed by atoms with van der Waals surface area (Å²) in [5, 5.41) is 4.02. The number of amidine groups is 1. The van der Waals surface area contributed by atoms with Crippen LogP contribution < -0.4 is 5.32 Å². The maximum absolute atomic E-state index is 12.1. The quantitative estimate of drug-likeness (QED) is 0.913. The number of carbonyl (C=O) groups excluding carboxylic acids is 1. The molecule has 0 aliphatic carbocycles. The minimum Gasteiger partial charge on any atom is -0.304 e. The lowest BCUT2D eigenvalue weighted by atomic mass is 10.1. The van der Waals surface area contributed by atoms with E-state index in [1.807, 2.05) is 24.3 Å². The highest BCUT2D eigenvalue weighted by Gasteiger charge is 2.31. The Bertz CT molecular complexity index is 737. The number of thioether (sulfide) groups is 1. The highest BCUT2D eigenvalue weighted by molar-refractivity contribution is 8.15. The van der Waals surface area contributed by atoms with E-state index in [1.54, 1.807) is 18.3 Å². The highest BCUT2D eigenvalue weighted by Crippen LogP contribution is 2.31. The molecule has 1 amide bonds. The summed E-state index contributed by atoms with van der Waals surface area (Å²) < 4.78 is 0. The van der Waals surface area contributed by atoms with Gasteiger partial charge in [0.1, 0.15) is 0 Å². The van der Waals surface area contributed by atoms with Gasteiger partial charge in [-0.3, -0.25) is 4.79 Å². The van der Waals surface area contributed by atoms with E-state index in [-0.39, 0.29) is 11.2 Å². The first kappa shape index (κ1) is 15.3. The molecule has 112 valence electrons. The van der Waals surface area contributed by atoms with Crippen LogP contribution in [0.4, 0.5) is 5.82 Å². The van der Waals surface area contributed by atoms with Crippen molar-refractivity contribution in [2.75, 3.05) is 0 Å². The molecule has 0 spiro atoms. The first-order chi connectivity index (χ1) is 10.6. The Morgan fingerprint density at radius 1 is 1.23 bits per heavy atom. The van der Waals surface area contributed by atoms with E-state index in [1.165, 1.54) is 11.8 Å². The molecule has 1 aromatic carbocycles. The molecule has 1 unspecified atom stereocenters. The second-order valence-corrected chi connectivity index (χ2v) is 6.59. The standard InChI is InChI=1S/C15H11Cl2N3OS/c16-10-5-3-4-9(13(10)17)8-11-14(21)20-15(22-11)19-12-6-1-2-7-18-12/h1-7,11H,8H2,(H,18,19,20,21). The van der Waals surface area contributed by atoms with Crippen LogP contribution in [0.1, 0.15) is 5.56 Å². The van der Waals surface area contributed by atoms with Gasteiger partial charge >= 0.3 is 0 Å². The van der Waals surface area contributed by atoms with Gasteiger partial charge in [0, 0.05) is 6.20 Å². The van der Waals surface area contributed by atoms with Crippen molar-refractivity contribution in [1.29, 1.82) is 0 Å². The highest BCUT2D eigenvalue weighted by atomic mass is 35.5. The van der Waals surface area contributed by atoms with Crippen molar-refractivity contribution in [3.05, 3.63) is 58.2 Å². The molecule has 1 aromatic heterocycles. The van der Waals surface area contributed by atoms with Crippen LogP contribution in [0.15, 0.2) is 47.6 Å². The number of nitrogens with zero attached hydrogens (tertiary/aromatic N) is 2. The molecule has 1 saturated heterocycles. The Hall–Kier alpha value is -1.56. The number of pyridine rings is 1. The second kappa shape index (κ2) is 6.69. The van der Waals surface area contributed by atoms with Crippen LogP contribution in [0.3, 0.4) is 0 Å². The van der Waals surface area contributed by atoms with E-state index in [4.69, 9.17) is 23.2 Å². The molecule has 2 heterocycles. The number of benzene rings is 1. The van der Waals surface area contributed by atoms with Gasteiger partial charge in [0.05, 0.1) is 15.3 Å². The summed E-state index contributed by atoms with van der Waals surface area (Å²) in [5.41, 5.74) is 0.848. The van der Waals surface area contributed by atoms with Gasteiger partial charge in [-0.1, -0.05) is 53.2 Å². The Morgan fingerprint density at radius 3 is 2.86 bits per heavy atom. The molecule has 4 nitrogen and oxygen atoms in total. The van der Waals surface area contributed by atoms with E-state index >= 15 is 0 Å². The Balaban J connectivity index is 1.75. The van der Waals surface area contributed by atoms with Gasteiger partial charge in [0.15, 0.2) is 11.0 Å². The number of rotatable bonds is 3. The van der Waals surface area contributed by atoms with E-state index in [0.717, 1.165) is 5.56 Å². The van der Waals surface area contributed by atoms with Crippen molar-refractivity contribution < 1.29 is 4.79 Å². The monoisotopic (exact) mass is 351 g/mol. The third kappa shape index (κ3) is 3.43. The number of halogens is 2. The van der Waals surface area contributed by atoms with Crippen molar-refractivity contribution in [3.8, 4) is 0 Å². The van der Waals surface area contributed by atoms with E-state index in [2.05, 4.69) is 15.3 Å². The fourth-order valence-corrected chi connectivity index (χ4v) is 3.42. The maximum atomic E-state index is 12.1. The number of hydrogen-bond acceptors (Lipinski definition) is 4. The lowest BCUT2D eigenvalue weighted by Crippen LogP contribution is -2.26. The number of hydrogen-bond donors (Lipinski definition) is 1. The fourth-order valence-electron chi connectivity index (χ4n) is 2.02. The van der Waals surface area contributed by atoms with Crippen molar-refractivity contribution >= 4 is 51.9 Å². The van der Waals surface area contributed by atoms with Crippen LogP contribution in [0, 0.1) is 0 Å². The van der Waals surface area contributed by atoms with E-state index in [9.17, 15) is 4.79 Å². The molecule has 3 rings (SSSR count). The number of aliphatic imine (C=N–C) groups is 1. The van der Waals surface area contributed by atoms with Crippen molar-refractivity contribution in [2.45, 2.75) is 11.7 Å². The summed E-state index contributed by atoms with van der Waals surface area (Å²) in [6, 6.07) is 10.9. The Kier molecular flexibility index (Phi) is 4.66. The summed E-state index contributed by atoms with van der Waals surface area (Å²) in [6.07, 6.45) is 2.15. The number of nitrogens with one attached hydrogen (secondary N) is 1. The summed E-state index contributed by atoms with van der Waals surface area (Å²) >= 11 is 13.5. The van der Waals surface area contributed by atoms with Gasteiger partial charge in [-0.05, 0) is 30.2 Å². The van der Waals surface area contributed by atoms with Crippen LogP contribution in [-0.2, 0) is 11.2 Å². The first-order valence-electron chi connectivity index (χ1n) is 6.53. The second-order valence-electron chi connectivity index (χ2n) is 4.62.